The van der Waals surface area contributed by atoms with E-state index in [-0.39, 0.29) is 5.91 Å². The van der Waals surface area contributed by atoms with Gasteiger partial charge in [0, 0.05) is 39.4 Å². The van der Waals surface area contributed by atoms with Gasteiger partial charge in [0.25, 0.3) is 0 Å². The molecule has 0 aliphatic carbocycles. The van der Waals surface area contributed by atoms with E-state index in [0.29, 0.717) is 13.2 Å². The number of likely N-dealkylation sites (tertiary alicyclic amines) is 1. The van der Waals surface area contributed by atoms with E-state index in [4.69, 9.17) is 9.47 Å². The molecule has 0 spiro atoms. The molecule has 2 aliphatic heterocycles. The summed E-state index contributed by atoms with van der Waals surface area (Å²) in [5, 5.41) is 0. The highest BCUT2D eigenvalue weighted by molar-refractivity contribution is 5.88. The van der Waals surface area contributed by atoms with Crippen molar-refractivity contribution in [2.45, 2.75) is 44.4 Å². The highest BCUT2D eigenvalue weighted by Gasteiger charge is 2.43. The molecular weight excluding hydrogens is 390 g/mol. The van der Waals surface area contributed by atoms with Gasteiger partial charge in [-0.15, -0.1) is 0 Å². The van der Waals surface area contributed by atoms with E-state index in [1.165, 1.54) is 25.9 Å². The van der Waals surface area contributed by atoms with Crippen LogP contribution in [0.25, 0.3) is 0 Å². The Labute approximate surface area is 188 Å². The van der Waals surface area contributed by atoms with Gasteiger partial charge in [0.2, 0.25) is 5.91 Å². The van der Waals surface area contributed by atoms with Crippen molar-refractivity contribution in [3.63, 3.8) is 0 Å². The van der Waals surface area contributed by atoms with Crippen LogP contribution in [0.2, 0.25) is 0 Å². The van der Waals surface area contributed by atoms with Crippen molar-refractivity contribution in [2.24, 2.45) is 0 Å². The fraction of sp³-hybridized carbons (Fsp3) is 0.720. The van der Waals surface area contributed by atoms with Crippen molar-refractivity contribution >= 4 is 5.91 Å². The van der Waals surface area contributed by atoms with E-state index >= 15 is 0 Å². The maximum atomic E-state index is 13.7. The lowest BCUT2D eigenvalue weighted by atomic mass is 9.73. The first-order chi connectivity index (χ1) is 15.0. The summed E-state index contributed by atoms with van der Waals surface area (Å²) in [6, 6.07) is 8.26. The van der Waals surface area contributed by atoms with Gasteiger partial charge in [-0.3, -0.25) is 4.79 Å². The lowest BCUT2D eigenvalue weighted by Gasteiger charge is -2.40. The Hall–Kier alpha value is -1.63. The predicted octanol–water partition coefficient (Wildman–Crippen LogP) is 3.01. The zero-order valence-corrected chi connectivity index (χ0v) is 19.8. The van der Waals surface area contributed by atoms with Crippen LogP contribution < -0.4 is 4.74 Å². The molecule has 1 aromatic carbocycles. The quantitative estimate of drug-likeness (QED) is 0.504. The first kappa shape index (κ1) is 24.0. The van der Waals surface area contributed by atoms with Crippen LogP contribution in [0.3, 0.4) is 0 Å². The number of amides is 1. The van der Waals surface area contributed by atoms with Crippen LogP contribution in [0.1, 0.15) is 44.6 Å². The second-order valence-electron chi connectivity index (χ2n) is 9.16. The third-order valence-corrected chi connectivity index (χ3v) is 6.73. The largest absolute Gasteiger partial charge is 0.494 e. The molecule has 2 aliphatic rings. The minimum Gasteiger partial charge on any atom is -0.494 e. The Morgan fingerprint density at radius 3 is 2.39 bits per heavy atom. The number of hydrogen-bond donors (Lipinski definition) is 0. The number of benzene rings is 1. The van der Waals surface area contributed by atoms with E-state index in [2.05, 4.69) is 28.9 Å². The zero-order chi connectivity index (χ0) is 22.1. The number of carbonyl (C=O) groups is 1. The molecule has 2 fully saturated rings. The molecule has 2 saturated heterocycles. The Bertz CT molecular complexity index is 665. The zero-order valence-electron chi connectivity index (χ0n) is 19.8. The molecule has 31 heavy (non-hydrogen) atoms. The maximum absolute atomic E-state index is 13.7. The minimum absolute atomic E-state index is 0.236. The molecule has 0 bridgehead atoms. The summed E-state index contributed by atoms with van der Waals surface area (Å²) in [6.07, 6.45) is 5.19. The number of ether oxygens (including phenoxy) is 2. The smallest absolute Gasteiger partial charge is 0.233 e. The summed E-state index contributed by atoms with van der Waals surface area (Å²) in [7, 11) is 4.10. The molecule has 6 nitrogen and oxygen atoms in total. The molecule has 0 radical (unpaired) electrons. The van der Waals surface area contributed by atoms with Crippen LogP contribution >= 0.6 is 0 Å². The number of likely N-dealkylation sites (N-methyl/N-ethyl adjacent to an activating group) is 2. The summed E-state index contributed by atoms with van der Waals surface area (Å²) in [5.74, 6) is 1.12. The molecule has 6 heteroatoms. The van der Waals surface area contributed by atoms with Crippen LogP contribution in [0.5, 0.6) is 5.75 Å². The Morgan fingerprint density at radius 1 is 1.10 bits per heavy atom. The van der Waals surface area contributed by atoms with Crippen molar-refractivity contribution in [3.8, 4) is 5.75 Å². The van der Waals surface area contributed by atoms with Gasteiger partial charge in [0.1, 0.15) is 5.75 Å². The van der Waals surface area contributed by atoms with Crippen LogP contribution in [0.4, 0.5) is 0 Å². The summed E-state index contributed by atoms with van der Waals surface area (Å²) >= 11 is 0. The lowest BCUT2D eigenvalue weighted by Crippen LogP contribution is -2.51. The van der Waals surface area contributed by atoms with Gasteiger partial charge in [-0.1, -0.05) is 12.1 Å². The monoisotopic (exact) mass is 431 g/mol. The standard InChI is InChI=1S/C25H41N3O3/c1-4-28(18-17-26(2)3)24(29)25(12-20-30-21-13-25)22-8-10-23(11-9-22)31-19-7-16-27-14-5-6-15-27/h8-11H,4-7,12-21H2,1-3H3. The predicted molar refractivity (Wildman–Crippen MR) is 125 cm³/mol. The second kappa shape index (κ2) is 11.8. The minimum atomic E-state index is -0.491. The Balaban J connectivity index is 1.63. The normalized spacial score (nSPS) is 19.0. The van der Waals surface area contributed by atoms with E-state index in [1.54, 1.807) is 0 Å². The van der Waals surface area contributed by atoms with Crippen molar-refractivity contribution in [1.82, 2.24) is 14.7 Å². The first-order valence-electron chi connectivity index (χ1n) is 12.0. The van der Waals surface area contributed by atoms with Crippen LogP contribution in [-0.4, -0.2) is 93.8 Å². The van der Waals surface area contributed by atoms with Crippen molar-refractivity contribution < 1.29 is 14.3 Å². The number of hydrogen-bond acceptors (Lipinski definition) is 5. The van der Waals surface area contributed by atoms with Gasteiger partial charge in [-0.2, -0.15) is 0 Å². The molecule has 0 N–H and O–H groups in total. The van der Waals surface area contributed by atoms with Gasteiger partial charge >= 0.3 is 0 Å². The molecule has 1 amide bonds. The molecule has 0 unspecified atom stereocenters. The van der Waals surface area contributed by atoms with Gasteiger partial charge < -0.3 is 24.2 Å². The van der Waals surface area contributed by atoms with Gasteiger partial charge in [-0.05, 0) is 83.9 Å². The Morgan fingerprint density at radius 2 is 1.77 bits per heavy atom. The number of carbonyl (C=O) groups excluding carboxylic acids is 1. The maximum Gasteiger partial charge on any atom is 0.233 e. The topological polar surface area (TPSA) is 45.2 Å². The van der Waals surface area contributed by atoms with E-state index in [1.807, 2.05) is 31.1 Å². The number of rotatable bonds is 11. The van der Waals surface area contributed by atoms with Gasteiger partial charge in [0.15, 0.2) is 0 Å². The van der Waals surface area contributed by atoms with Crippen LogP contribution in [0, 0.1) is 0 Å². The van der Waals surface area contributed by atoms with Gasteiger partial charge in [-0.25, -0.2) is 0 Å². The average Bonchev–Trinajstić information content (AvgIpc) is 3.31. The van der Waals surface area contributed by atoms with E-state index < -0.39 is 5.41 Å². The average molecular weight is 432 g/mol. The Kier molecular flexibility index (Phi) is 9.17. The van der Waals surface area contributed by atoms with Crippen molar-refractivity contribution in [1.29, 1.82) is 0 Å². The number of nitrogens with zero attached hydrogens (tertiary/aromatic N) is 3. The summed E-state index contributed by atoms with van der Waals surface area (Å²) in [5.41, 5.74) is 0.600. The van der Waals surface area contributed by atoms with Crippen LogP contribution in [0.15, 0.2) is 24.3 Å². The van der Waals surface area contributed by atoms with Crippen molar-refractivity contribution in [2.75, 3.05) is 73.2 Å². The molecule has 174 valence electrons. The highest BCUT2D eigenvalue weighted by atomic mass is 16.5. The van der Waals surface area contributed by atoms with E-state index in [9.17, 15) is 4.79 Å². The molecule has 1 aromatic rings. The van der Waals surface area contributed by atoms with E-state index in [0.717, 1.165) is 63.4 Å². The summed E-state index contributed by atoms with van der Waals surface area (Å²) < 4.78 is 11.6. The fourth-order valence-corrected chi connectivity index (χ4v) is 4.73. The lowest BCUT2D eigenvalue weighted by molar-refractivity contribution is -0.141. The molecule has 3 rings (SSSR count). The molecule has 0 saturated carbocycles. The van der Waals surface area contributed by atoms with Crippen LogP contribution in [-0.2, 0) is 14.9 Å². The van der Waals surface area contributed by atoms with Gasteiger partial charge in [0.05, 0.1) is 12.0 Å². The molecule has 0 aromatic heterocycles. The fourth-order valence-electron chi connectivity index (χ4n) is 4.73. The third kappa shape index (κ3) is 6.43. The highest BCUT2D eigenvalue weighted by Crippen LogP contribution is 2.37. The molecular formula is C25H41N3O3. The first-order valence-corrected chi connectivity index (χ1v) is 12.0. The molecule has 2 heterocycles. The summed E-state index contributed by atoms with van der Waals surface area (Å²) in [4.78, 5) is 20.4. The molecule has 0 atom stereocenters. The summed E-state index contributed by atoms with van der Waals surface area (Å²) in [6.45, 7) is 10.0. The SMILES string of the molecule is CCN(CCN(C)C)C(=O)C1(c2ccc(OCCCN3CCCC3)cc2)CCOCC1. The third-order valence-electron chi connectivity index (χ3n) is 6.73. The second-order valence-corrected chi connectivity index (χ2v) is 9.16. The van der Waals surface area contributed by atoms with Crippen molar-refractivity contribution in [3.05, 3.63) is 29.8 Å².